The standard InChI is InChI=1S/C14H8O8.4Na/c15-11(16)5-3-8-6(12(17)18)1-2-7(13(19)20)10(8)9(4-5)14(21)22;;;;/h1-4H,(H,15,16)(H,17,18)(H,19,20)(H,21,22);;;;/q;4*+1/p-4. The van der Waals surface area contributed by atoms with E-state index in [1.54, 1.807) is 0 Å². The molecule has 2 aromatic carbocycles. The van der Waals surface area contributed by atoms with E-state index in [9.17, 15) is 39.6 Å². The molecule has 0 unspecified atom stereocenters. The van der Waals surface area contributed by atoms with Crippen LogP contribution in [0.25, 0.3) is 10.8 Å². The summed E-state index contributed by atoms with van der Waals surface area (Å²) in [6.07, 6.45) is 0. The maximum Gasteiger partial charge on any atom is 1.00 e. The molecule has 0 heterocycles. The van der Waals surface area contributed by atoms with Crippen molar-refractivity contribution >= 4 is 34.6 Å². The molecular formula is C14H4Na4O8. The summed E-state index contributed by atoms with van der Waals surface area (Å²) >= 11 is 0. The Morgan fingerprint density at radius 2 is 1.00 bits per heavy atom. The van der Waals surface area contributed by atoms with Gasteiger partial charge in [0, 0.05) is 22.1 Å². The van der Waals surface area contributed by atoms with Gasteiger partial charge in [-0.2, -0.15) is 0 Å². The second-order valence-electron chi connectivity index (χ2n) is 4.26. The van der Waals surface area contributed by atoms with E-state index in [1.165, 1.54) is 0 Å². The minimum atomic E-state index is -1.88. The molecule has 0 aliphatic rings. The molecule has 2 aromatic rings. The zero-order valence-electron chi connectivity index (χ0n) is 14.6. The first-order valence-electron chi connectivity index (χ1n) is 5.70. The van der Waals surface area contributed by atoms with Crippen LogP contribution >= 0.6 is 0 Å². The van der Waals surface area contributed by atoms with Crippen LogP contribution in [0.1, 0.15) is 41.4 Å². The summed E-state index contributed by atoms with van der Waals surface area (Å²) in [5.41, 5.74) is -2.65. The molecule has 0 aromatic heterocycles. The Bertz CT molecular complexity index is 866. The van der Waals surface area contributed by atoms with E-state index in [2.05, 4.69) is 0 Å². The topological polar surface area (TPSA) is 161 Å². The van der Waals surface area contributed by atoms with Gasteiger partial charge >= 0.3 is 118 Å². The Hall–Kier alpha value is 0.580. The molecule has 112 valence electrons. The van der Waals surface area contributed by atoms with Crippen molar-refractivity contribution < 1.29 is 158 Å². The molecule has 0 radical (unpaired) electrons. The van der Waals surface area contributed by atoms with Crippen molar-refractivity contribution in [1.29, 1.82) is 0 Å². The fourth-order valence-electron chi connectivity index (χ4n) is 2.11. The van der Waals surface area contributed by atoms with Crippen LogP contribution in [0.15, 0.2) is 24.3 Å². The minimum absolute atomic E-state index is 0. The first kappa shape index (κ1) is 31.3. The van der Waals surface area contributed by atoms with Crippen LogP contribution in [-0.2, 0) is 0 Å². The van der Waals surface area contributed by atoms with Crippen LogP contribution in [0.3, 0.4) is 0 Å². The zero-order chi connectivity index (χ0) is 16.6. The molecule has 0 atom stereocenters. The Labute approximate surface area is 235 Å². The number of rotatable bonds is 4. The smallest absolute Gasteiger partial charge is 0.545 e. The number of carbonyl (C=O) groups excluding carboxylic acids is 4. The number of hydrogen-bond donors (Lipinski definition) is 0. The van der Waals surface area contributed by atoms with Gasteiger partial charge in [-0.05, 0) is 23.1 Å². The predicted octanol–water partition coefficient (Wildman–Crippen LogP) is -15.7. The maximum absolute atomic E-state index is 11.1. The third kappa shape index (κ3) is 6.58. The summed E-state index contributed by atoms with van der Waals surface area (Å²) in [5.74, 6) is -7.16. The molecule has 0 aliphatic carbocycles. The first-order chi connectivity index (χ1) is 10.2. The molecule has 0 amide bonds. The predicted molar refractivity (Wildman–Crippen MR) is 61.3 cm³/mol. The number of hydrogen-bond acceptors (Lipinski definition) is 8. The number of carbonyl (C=O) groups is 4. The molecule has 26 heavy (non-hydrogen) atoms. The normalized spacial score (nSPS) is 8.77. The van der Waals surface area contributed by atoms with Crippen molar-refractivity contribution in [3.05, 3.63) is 46.5 Å². The average Bonchev–Trinajstić information content (AvgIpc) is 2.43. The molecule has 0 saturated carbocycles. The largest absolute Gasteiger partial charge is 1.00 e. The number of benzene rings is 2. The summed E-state index contributed by atoms with van der Waals surface area (Å²) in [5, 5.41) is 43.2. The van der Waals surface area contributed by atoms with Gasteiger partial charge in [-0.15, -0.1) is 0 Å². The van der Waals surface area contributed by atoms with Crippen molar-refractivity contribution in [1.82, 2.24) is 0 Å². The van der Waals surface area contributed by atoms with E-state index >= 15 is 0 Å². The quantitative estimate of drug-likeness (QED) is 0.464. The minimum Gasteiger partial charge on any atom is -0.545 e. The van der Waals surface area contributed by atoms with Crippen LogP contribution in [0.2, 0.25) is 0 Å². The van der Waals surface area contributed by atoms with Gasteiger partial charge in [0.25, 0.3) is 0 Å². The summed E-state index contributed by atoms with van der Waals surface area (Å²) in [7, 11) is 0. The molecule has 12 heteroatoms. The van der Waals surface area contributed by atoms with Gasteiger partial charge in [-0.25, -0.2) is 0 Å². The molecule has 0 N–H and O–H groups in total. The van der Waals surface area contributed by atoms with Gasteiger partial charge < -0.3 is 39.6 Å². The number of aromatic carboxylic acids is 4. The van der Waals surface area contributed by atoms with Crippen molar-refractivity contribution in [2.45, 2.75) is 0 Å². The molecule has 2 rings (SSSR count). The van der Waals surface area contributed by atoms with Crippen molar-refractivity contribution in [3.63, 3.8) is 0 Å². The summed E-state index contributed by atoms with van der Waals surface area (Å²) in [6.45, 7) is 0. The maximum atomic E-state index is 11.1. The van der Waals surface area contributed by atoms with Crippen LogP contribution in [0.4, 0.5) is 0 Å². The van der Waals surface area contributed by atoms with E-state index < -0.39 is 56.9 Å². The van der Waals surface area contributed by atoms with Crippen molar-refractivity contribution in [3.8, 4) is 0 Å². The second kappa shape index (κ2) is 12.9. The van der Waals surface area contributed by atoms with Gasteiger partial charge in [0.05, 0.1) is 23.9 Å². The van der Waals surface area contributed by atoms with Gasteiger partial charge in [-0.3, -0.25) is 0 Å². The van der Waals surface area contributed by atoms with Crippen molar-refractivity contribution in [2.24, 2.45) is 0 Å². The van der Waals surface area contributed by atoms with E-state index in [0.717, 1.165) is 18.2 Å². The fraction of sp³-hybridized carbons (Fsp3) is 0. The monoisotopic (exact) mass is 392 g/mol. The summed E-state index contributed by atoms with van der Waals surface area (Å²) in [6, 6.07) is 3.09. The van der Waals surface area contributed by atoms with Crippen LogP contribution in [0.5, 0.6) is 0 Å². The third-order valence-corrected chi connectivity index (χ3v) is 3.01. The van der Waals surface area contributed by atoms with E-state index in [1.807, 2.05) is 0 Å². The number of carboxylic acids is 4. The third-order valence-electron chi connectivity index (χ3n) is 3.01. The summed E-state index contributed by atoms with van der Waals surface area (Å²) < 4.78 is 0. The Morgan fingerprint density at radius 3 is 1.38 bits per heavy atom. The molecule has 0 aliphatic heterocycles. The Balaban J connectivity index is -0.00000132. The second-order valence-corrected chi connectivity index (χ2v) is 4.26. The molecule has 8 nitrogen and oxygen atoms in total. The van der Waals surface area contributed by atoms with Gasteiger partial charge in [0.15, 0.2) is 0 Å². The Morgan fingerprint density at radius 1 is 0.577 bits per heavy atom. The van der Waals surface area contributed by atoms with Gasteiger partial charge in [0.2, 0.25) is 0 Å². The first-order valence-corrected chi connectivity index (χ1v) is 5.70. The molecular weight excluding hydrogens is 388 g/mol. The Kier molecular flexibility index (Phi) is 15.5. The molecule has 0 fully saturated rings. The van der Waals surface area contributed by atoms with Crippen LogP contribution in [0, 0.1) is 0 Å². The summed E-state index contributed by atoms with van der Waals surface area (Å²) in [4.78, 5) is 44.2. The number of carboxylic acid groups (broad SMARTS) is 4. The van der Waals surface area contributed by atoms with Gasteiger partial charge in [-0.1, -0.05) is 12.1 Å². The van der Waals surface area contributed by atoms with Gasteiger partial charge in [0.1, 0.15) is 0 Å². The zero-order valence-corrected chi connectivity index (χ0v) is 22.6. The van der Waals surface area contributed by atoms with E-state index in [4.69, 9.17) is 0 Å². The van der Waals surface area contributed by atoms with E-state index in [-0.39, 0.29) is 118 Å². The number of fused-ring (bicyclic) bond motifs is 1. The van der Waals surface area contributed by atoms with E-state index in [0.29, 0.717) is 6.07 Å². The molecule has 0 saturated heterocycles. The molecule has 0 spiro atoms. The average molecular weight is 392 g/mol. The molecule has 0 bridgehead atoms. The fourth-order valence-corrected chi connectivity index (χ4v) is 2.11. The van der Waals surface area contributed by atoms with Crippen LogP contribution < -0.4 is 139 Å². The SMILES string of the molecule is O=C([O-])c1cc(C(=O)[O-])c2c(C(=O)[O-])ccc(C(=O)[O-])c2c1.[Na+].[Na+].[Na+].[Na+]. The van der Waals surface area contributed by atoms with Crippen molar-refractivity contribution in [2.75, 3.05) is 0 Å². The van der Waals surface area contributed by atoms with Crippen LogP contribution in [-0.4, -0.2) is 23.9 Å².